The van der Waals surface area contributed by atoms with Crippen LogP contribution in [0.3, 0.4) is 0 Å². The number of urea groups is 1. The first kappa shape index (κ1) is 18.5. The molecule has 0 atom stereocenters. The molecule has 0 bridgehead atoms. The van der Waals surface area contributed by atoms with Gasteiger partial charge in [0.1, 0.15) is 17.1 Å². The molecular formula is C17H14N2O7S. The van der Waals surface area contributed by atoms with E-state index >= 15 is 0 Å². The lowest BCUT2D eigenvalue weighted by Crippen LogP contribution is -2.52. The van der Waals surface area contributed by atoms with E-state index in [9.17, 15) is 22.8 Å². The van der Waals surface area contributed by atoms with Crippen molar-refractivity contribution in [3.63, 3.8) is 0 Å². The van der Waals surface area contributed by atoms with E-state index in [0.717, 1.165) is 9.80 Å². The molecule has 140 valence electrons. The van der Waals surface area contributed by atoms with Gasteiger partial charge in [-0.15, -0.1) is 0 Å². The molecule has 2 aromatic rings. The van der Waals surface area contributed by atoms with Gasteiger partial charge in [0.25, 0.3) is 21.9 Å². The van der Waals surface area contributed by atoms with Gasteiger partial charge in [-0.2, -0.15) is 8.42 Å². The van der Waals surface area contributed by atoms with Gasteiger partial charge in [0.2, 0.25) is 0 Å². The molecule has 1 saturated heterocycles. The predicted molar refractivity (Wildman–Crippen MR) is 92.9 cm³/mol. The molecule has 1 aromatic carbocycles. The summed E-state index contributed by atoms with van der Waals surface area (Å²) in [5.74, 6) is -0.911. The summed E-state index contributed by atoms with van der Waals surface area (Å²) in [7, 11) is -1.76. The molecule has 10 heteroatoms. The van der Waals surface area contributed by atoms with Crippen molar-refractivity contribution in [1.29, 1.82) is 0 Å². The van der Waals surface area contributed by atoms with Crippen LogP contribution in [-0.2, 0) is 19.7 Å². The molecule has 0 saturated carbocycles. The van der Waals surface area contributed by atoms with Crippen molar-refractivity contribution in [2.75, 3.05) is 14.1 Å². The second kappa shape index (κ2) is 6.49. The molecule has 27 heavy (non-hydrogen) atoms. The van der Waals surface area contributed by atoms with Crippen LogP contribution >= 0.6 is 0 Å². The first-order chi connectivity index (χ1) is 12.6. The van der Waals surface area contributed by atoms with E-state index in [1.54, 1.807) is 6.07 Å². The molecular weight excluding hydrogens is 376 g/mol. The van der Waals surface area contributed by atoms with E-state index < -0.39 is 28.0 Å². The molecule has 4 amide bonds. The minimum Gasteiger partial charge on any atom is -0.457 e. The number of hydrogen-bond acceptors (Lipinski definition) is 6. The van der Waals surface area contributed by atoms with Crippen LogP contribution in [0.5, 0.6) is 0 Å². The molecule has 1 N–H and O–H groups in total. The SMILES string of the molecule is CN1C(=O)C(=Cc2ccc(-c3ccc(S(=O)(=O)O)cc3)o2)C(=O)N(C)C1=O. The molecule has 2 heterocycles. The number of carbonyl (C=O) groups is 3. The second-order valence-corrected chi connectivity index (χ2v) is 7.19. The fraction of sp³-hybridized carbons (Fsp3) is 0.118. The maximum absolute atomic E-state index is 12.2. The summed E-state index contributed by atoms with van der Waals surface area (Å²) in [6, 6.07) is 7.69. The number of benzene rings is 1. The Morgan fingerprint density at radius 2 is 1.48 bits per heavy atom. The monoisotopic (exact) mass is 390 g/mol. The summed E-state index contributed by atoms with van der Waals surface area (Å²) in [4.78, 5) is 37.5. The van der Waals surface area contributed by atoms with Crippen LogP contribution in [0.2, 0.25) is 0 Å². The van der Waals surface area contributed by atoms with Gasteiger partial charge >= 0.3 is 6.03 Å². The molecule has 1 aliphatic rings. The average molecular weight is 390 g/mol. The molecule has 0 aliphatic carbocycles. The minimum absolute atomic E-state index is 0.205. The summed E-state index contributed by atoms with van der Waals surface area (Å²) in [6.07, 6.45) is 1.24. The van der Waals surface area contributed by atoms with E-state index in [4.69, 9.17) is 8.97 Å². The third-order valence-electron chi connectivity index (χ3n) is 3.99. The van der Waals surface area contributed by atoms with Gasteiger partial charge < -0.3 is 4.42 Å². The molecule has 0 unspecified atom stereocenters. The third kappa shape index (κ3) is 3.39. The van der Waals surface area contributed by atoms with E-state index in [2.05, 4.69) is 0 Å². The molecule has 9 nitrogen and oxygen atoms in total. The number of likely N-dealkylation sites (N-methyl/N-ethyl adjacent to an activating group) is 2. The highest BCUT2D eigenvalue weighted by Crippen LogP contribution is 2.26. The molecule has 1 fully saturated rings. The maximum Gasteiger partial charge on any atom is 0.333 e. The van der Waals surface area contributed by atoms with Gasteiger partial charge in [-0.3, -0.25) is 23.9 Å². The van der Waals surface area contributed by atoms with Gasteiger partial charge in [-0.1, -0.05) is 0 Å². The highest BCUT2D eigenvalue weighted by Gasteiger charge is 2.38. The topological polar surface area (TPSA) is 125 Å². The third-order valence-corrected chi connectivity index (χ3v) is 4.86. The summed E-state index contributed by atoms with van der Waals surface area (Å²) < 4.78 is 36.7. The van der Waals surface area contributed by atoms with Gasteiger partial charge in [0, 0.05) is 19.7 Å². The van der Waals surface area contributed by atoms with E-state index in [1.165, 1.54) is 50.5 Å². The van der Waals surface area contributed by atoms with E-state index in [1.807, 2.05) is 0 Å². The lowest BCUT2D eigenvalue weighted by molar-refractivity contribution is -0.134. The Balaban J connectivity index is 1.92. The number of rotatable bonds is 3. The first-order valence-electron chi connectivity index (χ1n) is 7.59. The predicted octanol–water partition coefficient (Wildman–Crippen LogP) is 1.63. The summed E-state index contributed by atoms with van der Waals surface area (Å²) in [5, 5.41) is 0. The van der Waals surface area contributed by atoms with Gasteiger partial charge in [-0.25, -0.2) is 4.79 Å². The highest BCUT2D eigenvalue weighted by atomic mass is 32.2. The zero-order valence-electron chi connectivity index (χ0n) is 14.2. The smallest absolute Gasteiger partial charge is 0.333 e. The Hall–Kier alpha value is -3.24. The Kier molecular flexibility index (Phi) is 4.46. The van der Waals surface area contributed by atoms with Gasteiger partial charge in [-0.05, 0) is 42.5 Å². The van der Waals surface area contributed by atoms with Crippen LogP contribution < -0.4 is 0 Å². The number of barbiturate groups is 1. The van der Waals surface area contributed by atoms with E-state index in [0.29, 0.717) is 11.3 Å². The quantitative estimate of drug-likeness (QED) is 0.480. The van der Waals surface area contributed by atoms with Gasteiger partial charge in [0.05, 0.1) is 4.90 Å². The van der Waals surface area contributed by atoms with Crippen LogP contribution in [0, 0.1) is 0 Å². The fourth-order valence-electron chi connectivity index (χ4n) is 2.49. The number of imide groups is 2. The van der Waals surface area contributed by atoms with Crippen LogP contribution in [-0.4, -0.2) is 54.7 Å². The Morgan fingerprint density at radius 1 is 0.926 bits per heavy atom. The van der Waals surface area contributed by atoms with Crippen molar-refractivity contribution < 1.29 is 31.8 Å². The highest BCUT2D eigenvalue weighted by molar-refractivity contribution is 7.85. The number of nitrogens with zero attached hydrogens (tertiary/aromatic N) is 2. The second-order valence-electron chi connectivity index (χ2n) is 5.77. The normalized spacial score (nSPS) is 15.5. The maximum atomic E-state index is 12.2. The van der Waals surface area contributed by atoms with Crippen LogP contribution in [0.1, 0.15) is 5.76 Å². The lowest BCUT2D eigenvalue weighted by atomic mass is 10.1. The van der Waals surface area contributed by atoms with Crippen molar-refractivity contribution >= 4 is 34.0 Å². The van der Waals surface area contributed by atoms with Gasteiger partial charge in [0.15, 0.2) is 0 Å². The van der Waals surface area contributed by atoms with Crippen molar-refractivity contribution in [1.82, 2.24) is 9.80 Å². The molecule has 1 aromatic heterocycles. The Morgan fingerprint density at radius 3 is 2.00 bits per heavy atom. The molecule has 0 radical (unpaired) electrons. The first-order valence-corrected chi connectivity index (χ1v) is 9.03. The summed E-state index contributed by atoms with van der Waals surface area (Å²) >= 11 is 0. The zero-order chi connectivity index (χ0) is 19.9. The van der Waals surface area contributed by atoms with Crippen LogP contribution in [0.4, 0.5) is 4.79 Å². The minimum atomic E-state index is -4.29. The fourth-order valence-corrected chi connectivity index (χ4v) is 2.97. The number of carbonyl (C=O) groups excluding carboxylic acids is 3. The Labute approximate surface area is 154 Å². The Bertz CT molecular complexity index is 1050. The lowest BCUT2D eigenvalue weighted by Gasteiger charge is -2.28. The standard InChI is InChI=1S/C17H14N2O7S/c1-18-15(20)13(16(21)19(2)17(18)22)9-11-5-8-14(26-11)10-3-6-12(7-4-10)27(23,24)25/h3-9H,1-2H3,(H,23,24,25). The molecule has 0 spiro atoms. The molecule has 3 rings (SSSR count). The largest absolute Gasteiger partial charge is 0.457 e. The van der Waals surface area contributed by atoms with E-state index in [-0.39, 0.29) is 16.2 Å². The summed E-state index contributed by atoms with van der Waals surface area (Å²) in [6.45, 7) is 0. The zero-order valence-corrected chi connectivity index (χ0v) is 15.1. The average Bonchev–Trinajstić information content (AvgIpc) is 3.10. The summed E-state index contributed by atoms with van der Waals surface area (Å²) in [5.41, 5.74) is 0.306. The number of furan rings is 1. The number of hydrogen-bond donors (Lipinski definition) is 1. The van der Waals surface area contributed by atoms with Crippen molar-refractivity contribution in [3.8, 4) is 11.3 Å². The van der Waals surface area contributed by atoms with Crippen LogP contribution in [0.15, 0.2) is 51.3 Å². The van der Waals surface area contributed by atoms with Crippen molar-refractivity contribution in [3.05, 3.63) is 47.7 Å². The van der Waals surface area contributed by atoms with Crippen molar-refractivity contribution in [2.45, 2.75) is 4.90 Å². The number of amides is 4. The molecule has 1 aliphatic heterocycles. The van der Waals surface area contributed by atoms with Crippen LogP contribution in [0.25, 0.3) is 17.4 Å². The van der Waals surface area contributed by atoms with Crippen molar-refractivity contribution in [2.24, 2.45) is 0 Å².